The van der Waals surface area contributed by atoms with E-state index in [1.54, 1.807) is 14.0 Å². The maximum absolute atomic E-state index is 11.2. The summed E-state index contributed by atoms with van der Waals surface area (Å²) >= 11 is 0. The Balaban J connectivity index is 3.32. The number of carboxylic acid groups (broad SMARTS) is 1. The molecule has 6 nitrogen and oxygen atoms in total. The minimum absolute atomic E-state index is 0.0366. The molecule has 1 atom stereocenters. The molecular formula is C12H23NO5. The number of hydrogen-bond donors (Lipinski definition) is 2. The minimum Gasteiger partial charge on any atom is -0.481 e. The average molecular weight is 261 g/mol. The summed E-state index contributed by atoms with van der Waals surface area (Å²) in [6, 6.07) is 0. The van der Waals surface area contributed by atoms with Gasteiger partial charge in [0.1, 0.15) is 6.61 Å². The topological polar surface area (TPSA) is 84.9 Å². The van der Waals surface area contributed by atoms with E-state index in [1.165, 1.54) is 0 Å². The monoisotopic (exact) mass is 261 g/mol. The van der Waals surface area contributed by atoms with Gasteiger partial charge in [0.15, 0.2) is 0 Å². The van der Waals surface area contributed by atoms with Gasteiger partial charge in [-0.05, 0) is 12.8 Å². The van der Waals surface area contributed by atoms with Gasteiger partial charge in [0.25, 0.3) is 0 Å². The summed E-state index contributed by atoms with van der Waals surface area (Å²) in [5.74, 6) is -1.25. The summed E-state index contributed by atoms with van der Waals surface area (Å²) in [5.41, 5.74) is 0. The van der Waals surface area contributed by atoms with Crippen molar-refractivity contribution in [3.05, 3.63) is 0 Å². The molecule has 0 aromatic heterocycles. The number of nitrogens with one attached hydrogen (secondary N) is 1. The van der Waals surface area contributed by atoms with Crippen molar-refractivity contribution < 1.29 is 24.2 Å². The van der Waals surface area contributed by atoms with E-state index < -0.39 is 5.97 Å². The normalized spacial score (nSPS) is 12.1. The Kier molecular flexibility index (Phi) is 10.3. The molecule has 0 spiro atoms. The molecule has 2 N–H and O–H groups in total. The van der Waals surface area contributed by atoms with E-state index in [0.717, 1.165) is 12.8 Å². The second-order valence-corrected chi connectivity index (χ2v) is 4.13. The first-order valence-corrected chi connectivity index (χ1v) is 6.14. The van der Waals surface area contributed by atoms with Crippen molar-refractivity contribution in [3.8, 4) is 0 Å². The molecule has 106 valence electrons. The number of amides is 1. The lowest BCUT2D eigenvalue weighted by atomic mass is 10.0. The standard InChI is InChI=1S/C12H23NO5/c1-10(12(15)16)5-3-4-6-13-11(14)9-18-8-7-17-2/h10H,3-9H2,1-2H3,(H,13,14)(H,15,16)/t10-/m0/s1. The largest absolute Gasteiger partial charge is 0.481 e. The van der Waals surface area contributed by atoms with Gasteiger partial charge in [0.05, 0.1) is 19.1 Å². The summed E-state index contributed by atoms with van der Waals surface area (Å²) < 4.78 is 9.82. The second-order valence-electron chi connectivity index (χ2n) is 4.13. The van der Waals surface area contributed by atoms with Gasteiger partial charge in [-0.2, -0.15) is 0 Å². The van der Waals surface area contributed by atoms with Gasteiger partial charge in [-0.3, -0.25) is 9.59 Å². The third kappa shape index (κ3) is 10.0. The van der Waals surface area contributed by atoms with E-state index in [1.807, 2.05) is 0 Å². The lowest BCUT2D eigenvalue weighted by molar-refractivity contribution is -0.141. The Morgan fingerprint density at radius 2 is 2.00 bits per heavy atom. The highest BCUT2D eigenvalue weighted by Gasteiger charge is 2.09. The van der Waals surface area contributed by atoms with Crippen LogP contribution in [-0.2, 0) is 19.1 Å². The fraction of sp³-hybridized carbons (Fsp3) is 0.833. The van der Waals surface area contributed by atoms with Crippen LogP contribution in [0.15, 0.2) is 0 Å². The number of hydrogen-bond acceptors (Lipinski definition) is 4. The Hall–Kier alpha value is -1.14. The number of carboxylic acids is 1. The zero-order valence-corrected chi connectivity index (χ0v) is 11.1. The SMILES string of the molecule is COCCOCC(=O)NCCCC[C@H](C)C(=O)O. The first-order valence-electron chi connectivity index (χ1n) is 6.14. The van der Waals surface area contributed by atoms with Gasteiger partial charge in [0, 0.05) is 13.7 Å². The van der Waals surface area contributed by atoms with Crippen LogP contribution in [0, 0.1) is 5.92 Å². The molecule has 0 aliphatic rings. The summed E-state index contributed by atoms with van der Waals surface area (Å²) in [5, 5.41) is 11.4. The van der Waals surface area contributed by atoms with Gasteiger partial charge in [-0.25, -0.2) is 0 Å². The first kappa shape index (κ1) is 16.9. The minimum atomic E-state index is -0.773. The highest BCUT2D eigenvalue weighted by atomic mass is 16.5. The number of methoxy groups -OCH3 is 1. The number of ether oxygens (including phenoxy) is 2. The third-order valence-electron chi connectivity index (χ3n) is 2.47. The molecule has 0 aliphatic carbocycles. The van der Waals surface area contributed by atoms with Crippen LogP contribution in [-0.4, -0.2) is 50.5 Å². The van der Waals surface area contributed by atoms with E-state index in [0.29, 0.717) is 26.2 Å². The molecule has 0 bridgehead atoms. The molecule has 0 rings (SSSR count). The van der Waals surface area contributed by atoms with Gasteiger partial charge in [0.2, 0.25) is 5.91 Å². The number of carbonyl (C=O) groups excluding carboxylic acids is 1. The molecule has 0 heterocycles. The second kappa shape index (κ2) is 11.0. The van der Waals surface area contributed by atoms with Crippen molar-refractivity contribution >= 4 is 11.9 Å². The quantitative estimate of drug-likeness (QED) is 0.534. The molecule has 1 amide bonds. The third-order valence-corrected chi connectivity index (χ3v) is 2.47. The maximum Gasteiger partial charge on any atom is 0.306 e. The molecule has 0 aliphatic heterocycles. The van der Waals surface area contributed by atoms with Crippen molar-refractivity contribution in [3.63, 3.8) is 0 Å². The summed E-state index contributed by atoms with van der Waals surface area (Å²) in [7, 11) is 1.57. The van der Waals surface area contributed by atoms with Crippen LogP contribution < -0.4 is 5.32 Å². The fourth-order valence-electron chi connectivity index (χ4n) is 1.28. The van der Waals surface area contributed by atoms with Gasteiger partial charge in [-0.15, -0.1) is 0 Å². The Morgan fingerprint density at radius 1 is 1.28 bits per heavy atom. The smallest absolute Gasteiger partial charge is 0.306 e. The van der Waals surface area contributed by atoms with E-state index >= 15 is 0 Å². The molecule has 0 saturated heterocycles. The van der Waals surface area contributed by atoms with Crippen LogP contribution in [0.2, 0.25) is 0 Å². The first-order chi connectivity index (χ1) is 8.57. The van der Waals surface area contributed by atoms with Crippen LogP contribution in [0.5, 0.6) is 0 Å². The summed E-state index contributed by atoms with van der Waals surface area (Å²) in [4.78, 5) is 21.8. The zero-order valence-electron chi connectivity index (χ0n) is 11.1. The van der Waals surface area contributed by atoms with Crippen molar-refractivity contribution in [2.24, 2.45) is 5.92 Å². The zero-order chi connectivity index (χ0) is 13.8. The van der Waals surface area contributed by atoms with E-state index in [-0.39, 0.29) is 18.4 Å². The molecule has 0 aromatic rings. The van der Waals surface area contributed by atoms with Crippen LogP contribution in [0.4, 0.5) is 0 Å². The van der Waals surface area contributed by atoms with E-state index in [9.17, 15) is 9.59 Å². The van der Waals surface area contributed by atoms with Crippen molar-refractivity contribution in [1.82, 2.24) is 5.32 Å². The van der Waals surface area contributed by atoms with Crippen LogP contribution in [0.1, 0.15) is 26.2 Å². The molecule has 18 heavy (non-hydrogen) atoms. The number of rotatable bonds is 11. The highest BCUT2D eigenvalue weighted by molar-refractivity contribution is 5.77. The van der Waals surface area contributed by atoms with Crippen molar-refractivity contribution in [2.75, 3.05) is 33.5 Å². The van der Waals surface area contributed by atoms with E-state index in [2.05, 4.69) is 5.32 Å². The molecule has 0 aromatic carbocycles. The highest BCUT2D eigenvalue weighted by Crippen LogP contribution is 2.06. The van der Waals surface area contributed by atoms with E-state index in [4.69, 9.17) is 14.6 Å². The molecule has 0 fully saturated rings. The van der Waals surface area contributed by atoms with Crippen LogP contribution in [0.3, 0.4) is 0 Å². The number of carbonyl (C=O) groups is 2. The maximum atomic E-state index is 11.2. The average Bonchev–Trinajstić information content (AvgIpc) is 2.33. The summed E-state index contributed by atoms with van der Waals surface area (Å²) in [6.45, 7) is 3.15. The number of aliphatic carboxylic acids is 1. The Labute approximate surface area is 108 Å². The molecule has 0 saturated carbocycles. The Morgan fingerprint density at radius 3 is 2.61 bits per heavy atom. The fourth-order valence-corrected chi connectivity index (χ4v) is 1.28. The number of unbranched alkanes of at least 4 members (excludes halogenated alkanes) is 1. The lowest BCUT2D eigenvalue weighted by Gasteiger charge is -2.07. The Bertz CT molecular complexity index is 245. The molecular weight excluding hydrogens is 238 g/mol. The lowest BCUT2D eigenvalue weighted by Crippen LogP contribution is -2.29. The summed E-state index contributed by atoms with van der Waals surface area (Å²) in [6.07, 6.45) is 2.20. The molecule has 0 unspecified atom stereocenters. The van der Waals surface area contributed by atoms with Crippen molar-refractivity contribution in [1.29, 1.82) is 0 Å². The van der Waals surface area contributed by atoms with Gasteiger partial charge < -0.3 is 19.9 Å². The van der Waals surface area contributed by atoms with Crippen LogP contribution in [0.25, 0.3) is 0 Å². The van der Waals surface area contributed by atoms with Crippen molar-refractivity contribution in [2.45, 2.75) is 26.2 Å². The molecule has 0 radical (unpaired) electrons. The predicted molar refractivity (Wildman–Crippen MR) is 66.4 cm³/mol. The van der Waals surface area contributed by atoms with Gasteiger partial charge >= 0.3 is 5.97 Å². The molecule has 6 heteroatoms. The predicted octanol–water partition coefficient (Wildman–Crippen LogP) is 0.657. The van der Waals surface area contributed by atoms with Crippen LogP contribution >= 0.6 is 0 Å². The van der Waals surface area contributed by atoms with Gasteiger partial charge in [-0.1, -0.05) is 13.3 Å².